The van der Waals surface area contributed by atoms with Gasteiger partial charge in [-0.25, -0.2) is 0 Å². The number of aromatic nitrogens is 3. The van der Waals surface area contributed by atoms with Crippen molar-refractivity contribution in [2.45, 2.75) is 6.54 Å². The first kappa shape index (κ1) is 16.8. The third-order valence-electron chi connectivity index (χ3n) is 4.20. The Morgan fingerprint density at radius 3 is 2.96 bits per heavy atom. The average Bonchev–Trinajstić information content (AvgIpc) is 3.33. The summed E-state index contributed by atoms with van der Waals surface area (Å²) >= 11 is 0. The zero-order chi connectivity index (χ0) is 18.6. The summed E-state index contributed by atoms with van der Waals surface area (Å²) in [4.78, 5) is 16.4. The minimum atomic E-state index is -0.182. The molecule has 136 valence electrons. The van der Waals surface area contributed by atoms with Crippen molar-refractivity contribution in [1.82, 2.24) is 20.1 Å². The maximum Gasteiger partial charge on any atom is 0.244 e. The van der Waals surface area contributed by atoms with E-state index in [-0.39, 0.29) is 12.7 Å². The topological polar surface area (TPSA) is 78.3 Å². The van der Waals surface area contributed by atoms with Crippen molar-refractivity contribution in [1.29, 1.82) is 0 Å². The van der Waals surface area contributed by atoms with Gasteiger partial charge in [-0.2, -0.15) is 5.10 Å². The number of hydrogen-bond donors (Lipinski definition) is 1. The predicted molar refractivity (Wildman–Crippen MR) is 99.9 cm³/mol. The van der Waals surface area contributed by atoms with Gasteiger partial charge in [0.15, 0.2) is 11.5 Å². The minimum absolute atomic E-state index is 0.182. The lowest BCUT2D eigenvalue weighted by molar-refractivity contribution is -0.116. The van der Waals surface area contributed by atoms with E-state index in [1.54, 1.807) is 29.3 Å². The first-order valence-corrected chi connectivity index (χ1v) is 8.47. The molecule has 0 unspecified atom stereocenters. The largest absolute Gasteiger partial charge is 0.454 e. The molecule has 2 aromatic heterocycles. The van der Waals surface area contributed by atoms with Gasteiger partial charge in [-0.05, 0) is 41.5 Å². The van der Waals surface area contributed by atoms with Gasteiger partial charge in [0.2, 0.25) is 12.7 Å². The Morgan fingerprint density at radius 2 is 2.11 bits per heavy atom. The van der Waals surface area contributed by atoms with E-state index in [4.69, 9.17) is 9.47 Å². The molecule has 0 radical (unpaired) electrons. The summed E-state index contributed by atoms with van der Waals surface area (Å²) in [5.74, 6) is 1.23. The second-order valence-electron chi connectivity index (χ2n) is 6.09. The Bertz CT molecular complexity index is 1010. The van der Waals surface area contributed by atoms with Crippen molar-refractivity contribution in [2.24, 2.45) is 7.05 Å². The maximum atomic E-state index is 12.1. The molecule has 7 heteroatoms. The zero-order valence-corrected chi connectivity index (χ0v) is 14.8. The van der Waals surface area contributed by atoms with Crippen molar-refractivity contribution in [3.8, 4) is 22.8 Å². The van der Waals surface area contributed by atoms with Gasteiger partial charge in [0, 0.05) is 43.8 Å². The number of nitrogens with one attached hydrogen (secondary N) is 1. The summed E-state index contributed by atoms with van der Waals surface area (Å²) in [7, 11) is 1.88. The second kappa shape index (κ2) is 7.33. The van der Waals surface area contributed by atoms with Gasteiger partial charge in [0.25, 0.3) is 0 Å². The fourth-order valence-electron chi connectivity index (χ4n) is 2.82. The van der Waals surface area contributed by atoms with Crippen LogP contribution in [0.2, 0.25) is 0 Å². The smallest absolute Gasteiger partial charge is 0.244 e. The number of benzene rings is 1. The van der Waals surface area contributed by atoms with Gasteiger partial charge in [0.05, 0.1) is 5.69 Å². The SMILES string of the molecule is Cn1nccc1-c1cncc(CNC(=O)/C=C/c2ccc3c(c2)OCO3)c1. The van der Waals surface area contributed by atoms with Gasteiger partial charge in [-0.3, -0.25) is 14.5 Å². The number of carbonyl (C=O) groups excluding carboxylic acids is 1. The summed E-state index contributed by atoms with van der Waals surface area (Å²) in [5.41, 5.74) is 3.71. The van der Waals surface area contributed by atoms with Crippen LogP contribution in [-0.4, -0.2) is 27.5 Å². The maximum absolute atomic E-state index is 12.1. The molecular weight excluding hydrogens is 344 g/mol. The van der Waals surface area contributed by atoms with Crippen LogP contribution in [-0.2, 0) is 18.4 Å². The second-order valence-corrected chi connectivity index (χ2v) is 6.09. The number of rotatable bonds is 5. The summed E-state index contributed by atoms with van der Waals surface area (Å²) in [6.45, 7) is 0.623. The van der Waals surface area contributed by atoms with Crippen molar-refractivity contribution < 1.29 is 14.3 Å². The van der Waals surface area contributed by atoms with Crippen LogP contribution in [0.25, 0.3) is 17.3 Å². The molecule has 0 spiro atoms. The molecule has 4 rings (SSSR count). The first-order chi connectivity index (χ1) is 13.2. The average molecular weight is 362 g/mol. The fourth-order valence-corrected chi connectivity index (χ4v) is 2.82. The Balaban J connectivity index is 1.37. The van der Waals surface area contributed by atoms with E-state index in [0.29, 0.717) is 12.3 Å². The Labute approximate surface area is 156 Å². The lowest BCUT2D eigenvalue weighted by atomic mass is 10.1. The molecule has 0 saturated heterocycles. The van der Waals surface area contributed by atoms with Crippen molar-refractivity contribution >= 4 is 12.0 Å². The van der Waals surface area contributed by atoms with Crippen LogP contribution >= 0.6 is 0 Å². The van der Waals surface area contributed by atoms with Crippen LogP contribution in [0.15, 0.2) is 55.0 Å². The first-order valence-electron chi connectivity index (χ1n) is 8.47. The van der Waals surface area contributed by atoms with E-state index in [1.165, 1.54) is 6.08 Å². The third kappa shape index (κ3) is 3.82. The van der Waals surface area contributed by atoms with E-state index in [9.17, 15) is 4.79 Å². The van der Waals surface area contributed by atoms with Crippen molar-refractivity contribution in [2.75, 3.05) is 6.79 Å². The zero-order valence-electron chi connectivity index (χ0n) is 14.8. The highest BCUT2D eigenvalue weighted by molar-refractivity contribution is 5.91. The lowest BCUT2D eigenvalue weighted by Crippen LogP contribution is -2.20. The highest BCUT2D eigenvalue weighted by atomic mass is 16.7. The fraction of sp³-hybridized carbons (Fsp3) is 0.150. The van der Waals surface area contributed by atoms with Crippen molar-refractivity contribution in [3.63, 3.8) is 0 Å². The molecular formula is C20H18N4O3. The van der Waals surface area contributed by atoms with Gasteiger partial charge in [-0.15, -0.1) is 0 Å². The monoisotopic (exact) mass is 362 g/mol. The van der Waals surface area contributed by atoms with E-state index in [1.807, 2.05) is 37.4 Å². The number of aryl methyl sites for hydroxylation is 1. The van der Waals surface area contributed by atoms with E-state index in [0.717, 1.165) is 28.1 Å². The lowest BCUT2D eigenvalue weighted by Gasteiger charge is -2.06. The number of amides is 1. The highest BCUT2D eigenvalue weighted by Crippen LogP contribution is 2.32. The normalized spacial score (nSPS) is 12.5. The van der Waals surface area contributed by atoms with Crippen molar-refractivity contribution in [3.05, 3.63) is 66.1 Å². The number of carbonyl (C=O) groups is 1. The molecule has 0 aliphatic carbocycles. The van der Waals surface area contributed by atoms with Gasteiger partial charge < -0.3 is 14.8 Å². The van der Waals surface area contributed by atoms with Gasteiger partial charge in [-0.1, -0.05) is 6.07 Å². The Morgan fingerprint density at radius 1 is 1.22 bits per heavy atom. The standard InChI is InChI=1S/C20H18N4O3/c1-24-17(6-7-23-24)16-8-15(10-21-12-16)11-22-20(25)5-3-14-2-4-18-19(9-14)27-13-26-18/h2-10,12H,11,13H2,1H3,(H,22,25)/b5-3+. The predicted octanol–water partition coefficient (Wildman–Crippen LogP) is 2.54. The molecule has 1 N–H and O–H groups in total. The molecule has 1 aliphatic heterocycles. The van der Waals surface area contributed by atoms with E-state index in [2.05, 4.69) is 15.4 Å². The number of pyridine rings is 1. The van der Waals surface area contributed by atoms with Crippen LogP contribution in [0.5, 0.6) is 11.5 Å². The number of fused-ring (bicyclic) bond motifs is 1. The molecule has 1 amide bonds. The van der Waals surface area contributed by atoms with Crippen LogP contribution in [0.4, 0.5) is 0 Å². The molecule has 0 fully saturated rings. The molecule has 0 saturated carbocycles. The Kier molecular flexibility index (Phi) is 4.57. The Hall–Kier alpha value is -3.61. The quantitative estimate of drug-likeness (QED) is 0.706. The van der Waals surface area contributed by atoms with Gasteiger partial charge in [0.1, 0.15) is 0 Å². The molecule has 3 heterocycles. The number of ether oxygens (including phenoxy) is 2. The molecule has 27 heavy (non-hydrogen) atoms. The summed E-state index contributed by atoms with van der Waals surface area (Å²) in [5, 5.41) is 7.03. The van der Waals surface area contributed by atoms with E-state index < -0.39 is 0 Å². The summed E-state index contributed by atoms with van der Waals surface area (Å²) in [6, 6.07) is 9.46. The summed E-state index contributed by atoms with van der Waals surface area (Å²) in [6.07, 6.45) is 8.49. The molecule has 1 aliphatic rings. The van der Waals surface area contributed by atoms with Crippen LogP contribution in [0, 0.1) is 0 Å². The molecule has 0 bridgehead atoms. The van der Waals surface area contributed by atoms with Gasteiger partial charge >= 0.3 is 0 Å². The number of nitrogens with zero attached hydrogens (tertiary/aromatic N) is 3. The van der Waals surface area contributed by atoms with Crippen LogP contribution < -0.4 is 14.8 Å². The molecule has 7 nitrogen and oxygen atoms in total. The van der Waals surface area contributed by atoms with E-state index >= 15 is 0 Å². The molecule has 0 atom stereocenters. The number of hydrogen-bond acceptors (Lipinski definition) is 5. The third-order valence-corrected chi connectivity index (χ3v) is 4.20. The summed E-state index contributed by atoms with van der Waals surface area (Å²) < 4.78 is 12.4. The molecule has 3 aromatic rings. The van der Waals surface area contributed by atoms with Crippen LogP contribution in [0.1, 0.15) is 11.1 Å². The molecule has 1 aromatic carbocycles. The minimum Gasteiger partial charge on any atom is -0.454 e. The van der Waals surface area contributed by atoms with Crippen LogP contribution in [0.3, 0.4) is 0 Å². The highest BCUT2D eigenvalue weighted by Gasteiger charge is 2.12.